The number of hydrogen-bond donors (Lipinski definition) is 8. The van der Waals surface area contributed by atoms with Crippen LogP contribution in [0.5, 0.6) is 0 Å². The van der Waals surface area contributed by atoms with Crippen LogP contribution >= 0.6 is 0 Å². The first-order valence-electron chi connectivity index (χ1n) is 11.6. The van der Waals surface area contributed by atoms with Gasteiger partial charge in [-0.2, -0.15) is 13.5 Å². The van der Waals surface area contributed by atoms with Gasteiger partial charge in [0.2, 0.25) is 0 Å². The molecule has 14 nitrogen and oxygen atoms in total. The van der Waals surface area contributed by atoms with Crippen LogP contribution in [0.15, 0.2) is 34.3 Å². The van der Waals surface area contributed by atoms with Gasteiger partial charge in [-0.25, -0.2) is 4.83 Å². The van der Waals surface area contributed by atoms with Crippen LogP contribution in [0, 0.1) is 6.92 Å². The van der Waals surface area contributed by atoms with E-state index < -0.39 is 84.5 Å². The van der Waals surface area contributed by atoms with Gasteiger partial charge in [0, 0.05) is 12.1 Å². The molecule has 210 valence electrons. The van der Waals surface area contributed by atoms with E-state index >= 15 is 0 Å². The van der Waals surface area contributed by atoms with Crippen LogP contribution in [0.25, 0.3) is 0 Å². The maximum absolute atomic E-state index is 12.4. The zero-order valence-corrected chi connectivity index (χ0v) is 21.0. The smallest absolute Gasteiger partial charge is 0.276 e. The standard InChI is InChI=1S/C22H34N2O12S/c1-10-3-5-12(6-4-10)37(32,33)24-23-11(2)7-13-16(27)19(30)21(15(9-26)34-13)36-22-20(31)18(29)17(28)14(8-25)35-22/h3-6,13-22,24-31H,7-9H2,1-2H3/b23-11+/t13-,14+,15+,16-,17-,18-,19+,20+,21+,22-/m0/s1. The van der Waals surface area contributed by atoms with Crippen LogP contribution in [0.2, 0.25) is 0 Å². The summed E-state index contributed by atoms with van der Waals surface area (Å²) in [7, 11) is -3.94. The van der Waals surface area contributed by atoms with Crippen molar-refractivity contribution in [2.45, 2.75) is 86.4 Å². The Morgan fingerprint density at radius 1 is 0.892 bits per heavy atom. The third-order valence-electron chi connectivity index (χ3n) is 6.29. The highest BCUT2D eigenvalue weighted by Gasteiger charge is 2.50. The van der Waals surface area contributed by atoms with Crippen LogP contribution < -0.4 is 4.83 Å². The van der Waals surface area contributed by atoms with Gasteiger partial charge in [-0.3, -0.25) is 0 Å². The molecule has 15 heteroatoms. The second-order valence-electron chi connectivity index (χ2n) is 9.13. The van der Waals surface area contributed by atoms with E-state index in [1.54, 1.807) is 12.1 Å². The normalized spacial score (nSPS) is 37.4. The van der Waals surface area contributed by atoms with Crippen LogP contribution in [0.4, 0.5) is 0 Å². The van der Waals surface area contributed by atoms with Gasteiger partial charge >= 0.3 is 0 Å². The van der Waals surface area contributed by atoms with Crippen molar-refractivity contribution in [2.24, 2.45) is 5.10 Å². The lowest BCUT2D eigenvalue weighted by Gasteiger charge is -2.46. The van der Waals surface area contributed by atoms with Crippen molar-refractivity contribution in [2.75, 3.05) is 13.2 Å². The van der Waals surface area contributed by atoms with E-state index in [0.717, 1.165) is 5.56 Å². The minimum atomic E-state index is -3.94. The van der Waals surface area contributed by atoms with Crippen LogP contribution in [0.3, 0.4) is 0 Å². The monoisotopic (exact) mass is 550 g/mol. The second-order valence-corrected chi connectivity index (χ2v) is 10.8. The summed E-state index contributed by atoms with van der Waals surface area (Å²) in [5.74, 6) is 0. The SMILES string of the molecule is C/C(C[C@@H]1O[C@H](CO)[C@@H](O[C@@H]2O[C@H](CO)[C@H](O)[C@H](O)[C@H]2O)[C@H](O)[C@H]1O)=N\NS(=O)(=O)c1ccc(C)cc1. The molecule has 2 heterocycles. The molecule has 10 atom stereocenters. The fourth-order valence-electron chi connectivity index (χ4n) is 4.08. The van der Waals surface area contributed by atoms with Gasteiger partial charge in [0.1, 0.15) is 48.8 Å². The minimum absolute atomic E-state index is 0.00699. The molecule has 0 bridgehead atoms. The van der Waals surface area contributed by atoms with E-state index in [4.69, 9.17) is 14.2 Å². The average Bonchev–Trinajstić information content (AvgIpc) is 2.87. The van der Waals surface area contributed by atoms with Gasteiger partial charge in [-0.05, 0) is 26.0 Å². The lowest BCUT2D eigenvalue weighted by atomic mass is 9.92. The molecule has 2 saturated heterocycles. The minimum Gasteiger partial charge on any atom is -0.394 e. The van der Waals surface area contributed by atoms with Gasteiger partial charge in [0.25, 0.3) is 10.0 Å². The Balaban J connectivity index is 1.66. The van der Waals surface area contributed by atoms with E-state index in [9.17, 15) is 44.2 Å². The van der Waals surface area contributed by atoms with Crippen LogP contribution in [-0.2, 0) is 24.2 Å². The van der Waals surface area contributed by atoms with Gasteiger partial charge in [-0.1, -0.05) is 17.7 Å². The van der Waals surface area contributed by atoms with E-state index in [2.05, 4.69) is 9.93 Å². The summed E-state index contributed by atoms with van der Waals surface area (Å²) in [6.07, 6.45) is -15.2. The molecule has 2 aliphatic rings. The fraction of sp³-hybridized carbons (Fsp3) is 0.682. The summed E-state index contributed by atoms with van der Waals surface area (Å²) in [6.45, 7) is 1.91. The highest BCUT2D eigenvalue weighted by atomic mass is 32.2. The summed E-state index contributed by atoms with van der Waals surface area (Å²) in [4.78, 5) is 2.11. The first-order valence-corrected chi connectivity index (χ1v) is 13.1. The maximum Gasteiger partial charge on any atom is 0.276 e. The topological polar surface area (TPSA) is 228 Å². The Bertz CT molecular complexity index is 1020. The number of aliphatic hydroxyl groups excluding tert-OH is 7. The van der Waals surface area contributed by atoms with Crippen LogP contribution in [0.1, 0.15) is 18.9 Å². The summed E-state index contributed by atoms with van der Waals surface area (Å²) in [5.41, 5.74) is 1.09. The van der Waals surface area contributed by atoms with Crippen LogP contribution in [-0.4, -0.2) is 124 Å². The quantitative estimate of drug-likeness (QED) is 0.112. The Kier molecular flexibility index (Phi) is 9.98. The summed E-state index contributed by atoms with van der Waals surface area (Å²) in [6, 6.07) is 6.12. The third-order valence-corrected chi connectivity index (χ3v) is 7.51. The highest BCUT2D eigenvalue weighted by molar-refractivity contribution is 7.89. The van der Waals surface area contributed by atoms with Gasteiger partial charge in [0.15, 0.2) is 6.29 Å². The van der Waals surface area contributed by atoms with E-state index in [-0.39, 0.29) is 17.0 Å². The number of nitrogens with one attached hydrogen (secondary N) is 1. The number of ether oxygens (including phenoxy) is 3. The molecule has 1 aromatic carbocycles. The number of aliphatic hydroxyl groups is 7. The zero-order chi connectivity index (χ0) is 27.5. The number of hydrogen-bond acceptors (Lipinski definition) is 13. The molecule has 0 amide bonds. The van der Waals surface area contributed by atoms with E-state index in [1.165, 1.54) is 19.1 Å². The molecular formula is C22H34N2O12S. The van der Waals surface area contributed by atoms with Crippen molar-refractivity contribution in [1.82, 2.24) is 4.83 Å². The van der Waals surface area contributed by atoms with Gasteiger partial charge in [-0.15, -0.1) is 0 Å². The van der Waals surface area contributed by atoms with Crippen molar-refractivity contribution < 1.29 is 58.4 Å². The predicted molar refractivity (Wildman–Crippen MR) is 126 cm³/mol. The van der Waals surface area contributed by atoms with Crippen molar-refractivity contribution >= 4 is 15.7 Å². The summed E-state index contributed by atoms with van der Waals surface area (Å²) in [5, 5.41) is 74.3. The molecule has 0 saturated carbocycles. The molecule has 0 unspecified atom stereocenters. The van der Waals surface area contributed by atoms with Gasteiger partial charge < -0.3 is 50.0 Å². The number of nitrogens with zero attached hydrogens (tertiary/aromatic N) is 1. The summed E-state index contributed by atoms with van der Waals surface area (Å²) >= 11 is 0. The third kappa shape index (κ3) is 6.82. The van der Waals surface area contributed by atoms with Crippen molar-refractivity contribution in [3.8, 4) is 0 Å². The molecule has 1 aromatic rings. The largest absolute Gasteiger partial charge is 0.394 e. The molecule has 0 aliphatic carbocycles. The van der Waals surface area contributed by atoms with Crippen molar-refractivity contribution in [3.63, 3.8) is 0 Å². The Morgan fingerprint density at radius 2 is 1.49 bits per heavy atom. The molecule has 2 fully saturated rings. The lowest BCUT2D eigenvalue weighted by Crippen LogP contribution is -2.64. The van der Waals surface area contributed by atoms with Crippen molar-refractivity contribution in [1.29, 1.82) is 0 Å². The number of hydrazone groups is 1. The molecule has 37 heavy (non-hydrogen) atoms. The number of aryl methyl sites for hydroxylation is 1. The maximum atomic E-state index is 12.4. The number of rotatable bonds is 9. The molecule has 0 spiro atoms. The van der Waals surface area contributed by atoms with E-state index in [0.29, 0.717) is 0 Å². The second kappa shape index (κ2) is 12.4. The van der Waals surface area contributed by atoms with Gasteiger partial charge in [0.05, 0.1) is 24.2 Å². The molecule has 0 aromatic heterocycles. The van der Waals surface area contributed by atoms with E-state index in [1.807, 2.05) is 6.92 Å². The summed E-state index contributed by atoms with van der Waals surface area (Å²) < 4.78 is 41.3. The molecule has 2 aliphatic heterocycles. The predicted octanol–water partition coefficient (Wildman–Crippen LogP) is -3.29. The average molecular weight is 551 g/mol. The number of sulfonamides is 1. The molecule has 8 N–H and O–H groups in total. The Labute approximate surface area is 213 Å². The Morgan fingerprint density at radius 3 is 2.08 bits per heavy atom. The fourth-order valence-corrected chi connectivity index (χ4v) is 4.96. The first kappa shape index (κ1) is 29.8. The highest BCUT2D eigenvalue weighted by Crippen LogP contribution is 2.30. The number of benzene rings is 1. The van der Waals surface area contributed by atoms with Crippen molar-refractivity contribution in [3.05, 3.63) is 29.8 Å². The molecule has 0 radical (unpaired) electrons. The first-order chi connectivity index (χ1) is 17.4. The molecular weight excluding hydrogens is 516 g/mol. The zero-order valence-electron chi connectivity index (χ0n) is 20.2. The molecule has 3 rings (SSSR count). The Hall–Kier alpha value is -1.76. The lowest BCUT2D eigenvalue weighted by molar-refractivity contribution is -0.341.